The average Bonchev–Trinajstić information content (AvgIpc) is 2.12. The summed E-state index contributed by atoms with van der Waals surface area (Å²) in [6, 6.07) is 0. The van der Waals surface area contributed by atoms with Crippen molar-refractivity contribution in [1.82, 2.24) is 5.32 Å². The fraction of sp³-hybridized carbons (Fsp3) is 0.778. The molecule has 0 saturated heterocycles. The standard InChI is InChI=1S/C9H12F5NO3/c1-7(2,4-3-5(16)17)15-6(18)8(10,11)9(12,13)14/h3-4H2,1-2H3,(H,15,18)(H,16,17). The molecule has 0 aromatic rings. The quantitative estimate of drug-likeness (QED) is 0.755. The molecule has 0 rings (SSSR count). The third-order valence-corrected chi connectivity index (χ3v) is 2.06. The van der Waals surface area contributed by atoms with Crippen LogP contribution in [0.25, 0.3) is 0 Å². The van der Waals surface area contributed by atoms with Gasteiger partial charge in [-0.25, -0.2) is 0 Å². The Kier molecular flexibility index (Phi) is 4.67. The topological polar surface area (TPSA) is 66.4 Å². The van der Waals surface area contributed by atoms with E-state index in [2.05, 4.69) is 0 Å². The Hall–Kier alpha value is -1.41. The smallest absolute Gasteiger partial charge is 0.463 e. The van der Waals surface area contributed by atoms with Gasteiger partial charge in [0.25, 0.3) is 0 Å². The number of carbonyl (C=O) groups is 2. The molecule has 1 amide bonds. The molecule has 0 aliphatic heterocycles. The maximum Gasteiger partial charge on any atom is 0.463 e. The number of halogens is 5. The zero-order valence-electron chi connectivity index (χ0n) is 9.57. The maximum atomic E-state index is 12.6. The summed E-state index contributed by atoms with van der Waals surface area (Å²) in [5.74, 6) is -9.25. The summed E-state index contributed by atoms with van der Waals surface area (Å²) in [7, 11) is 0. The molecule has 0 atom stereocenters. The van der Waals surface area contributed by atoms with Gasteiger partial charge in [0, 0.05) is 12.0 Å². The van der Waals surface area contributed by atoms with Crippen molar-refractivity contribution in [3.8, 4) is 0 Å². The zero-order chi connectivity index (χ0) is 14.8. The van der Waals surface area contributed by atoms with Crippen LogP contribution < -0.4 is 5.32 Å². The van der Waals surface area contributed by atoms with Crippen molar-refractivity contribution in [3.63, 3.8) is 0 Å². The third kappa shape index (κ3) is 4.46. The second kappa shape index (κ2) is 5.07. The van der Waals surface area contributed by atoms with E-state index in [0.717, 1.165) is 13.8 Å². The fourth-order valence-electron chi connectivity index (χ4n) is 0.997. The monoisotopic (exact) mass is 277 g/mol. The molecule has 4 nitrogen and oxygen atoms in total. The number of carboxylic acid groups (broad SMARTS) is 1. The van der Waals surface area contributed by atoms with E-state index in [9.17, 15) is 31.5 Å². The van der Waals surface area contributed by atoms with Crippen LogP contribution in [0.1, 0.15) is 26.7 Å². The summed E-state index contributed by atoms with van der Waals surface area (Å²) in [6.07, 6.45) is -6.73. The summed E-state index contributed by atoms with van der Waals surface area (Å²) in [6.45, 7) is 2.31. The van der Waals surface area contributed by atoms with Gasteiger partial charge in [0.15, 0.2) is 0 Å². The minimum absolute atomic E-state index is 0.276. The first-order valence-electron chi connectivity index (χ1n) is 4.78. The van der Waals surface area contributed by atoms with Crippen LogP contribution in [0.5, 0.6) is 0 Å². The molecule has 0 heterocycles. The van der Waals surface area contributed by atoms with Gasteiger partial charge in [0.1, 0.15) is 0 Å². The van der Waals surface area contributed by atoms with E-state index in [1.807, 2.05) is 0 Å². The number of carboxylic acids is 1. The maximum absolute atomic E-state index is 12.6. The molecule has 0 aromatic carbocycles. The van der Waals surface area contributed by atoms with E-state index >= 15 is 0 Å². The van der Waals surface area contributed by atoms with Crippen molar-refractivity contribution in [2.75, 3.05) is 0 Å². The number of amides is 1. The molecule has 0 spiro atoms. The highest BCUT2D eigenvalue weighted by Gasteiger charge is 2.63. The van der Waals surface area contributed by atoms with Crippen LogP contribution in [0.2, 0.25) is 0 Å². The fourth-order valence-corrected chi connectivity index (χ4v) is 0.997. The predicted octanol–water partition coefficient (Wildman–Crippen LogP) is 1.94. The molecule has 18 heavy (non-hydrogen) atoms. The van der Waals surface area contributed by atoms with Crippen LogP contribution in [0.4, 0.5) is 22.0 Å². The highest BCUT2D eigenvalue weighted by atomic mass is 19.4. The first-order chi connectivity index (χ1) is 7.79. The van der Waals surface area contributed by atoms with Crippen LogP contribution in [0.15, 0.2) is 0 Å². The van der Waals surface area contributed by atoms with E-state index < -0.39 is 35.9 Å². The largest absolute Gasteiger partial charge is 0.481 e. The van der Waals surface area contributed by atoms with E-state index in [1.54, 1.807) is 0 Å². The lowest BCUT2D eigenvalue weighted by Crippen LogP contribution is -2.56. The van der Waals surface area contributed by atoms with Crippen LogP contribution in [0, 0.1) is 0 Å². The van der Waals surface area contributed by atoms with Gasteiger partial charge in [0.2, 0.25) is 0 Å². The van der Waals surface area contributed by atoms with Gasteiger partial charge in [-0.2, -0.15) is 22.0 Å². The molecular weight excluding hydrogens is 265 g/mol. The first-order valence-corrected chi connectivity index (χ1v) is 4.78. The van der Waals surface area contributed by atoms with Crippen molar-refractivity contribution >= 4 is 11.9 Å². The summed E-state index contributed by atoms with van der Waals surface area (Å²) >= 11 is 0. The molecule has 0 saturated carbocycles. The first kappa shape index (κ1) is 16.6. The normalized spacial score (nSPS) is 13.3. The van der Waals surface area contributed by atoms with E-state index in [-0.39, 0.29) is 6.42 Å². The van der Waals surface area contributed by atoms with E-state index in [4.69, 9.17) is 5.11 Å². The van der Waals surface area contributed by atoms with Gasteiger partial charge in [-0.3, -0.25) is 9.59 Å². The minimum Gasteiger partial charge on any atom is -0.481 e. The van der Waals surface area contributed by atoms with Crippen LogP contribution in [-0.2, 0) is 9.59 Å². The number of hydrogen-bond donors (Lipinski definition) is 2. The number of alkyl halides is 5. The lowest BCUT2D eigenvalue weighted by atomic mass is 9.98. The molecule has 0 fully saturated rings. The number of aliphatic carboxylic acids is 1. The van der Waals surface area contributed by atoms with Gasteiger partial charge in [-0.15, -0.1) is 0 Å². The summed E-state index contributed by atoms with van der Waals surface area (Å²) < 4.78 is 60.8. The van der Waals surface area contributed by atoms with Crippen LogP contribution in [0.3, 0.4) is 0 Å². The molecule has 106 valence electrons. The minimum atomic E-state index is -5.99. The summed E-state index contributed by atoms with van der Waals surface area (Å²) in [4.78, 5) is 21.1. The molecule has 0 aliphatic carbocycles. The Morgan fingerprint density at radius 1 is 1.11 bits per heavy atom. The number of carbonyl (C=O) groups excluding carboxylic acids is 1. The van der Waals surface area contributed by atoms with Gasteiger partial charge in [0.05, 0.1) is 0 Å². The van der Waals surface area contributed by atoms with Gasteiger partial charge < -0.3 is 10.4 Å². The number of nitrogens with one attached hydrogen (secondary N) is 1. The molecule has 0 bridgehead atoms. The van der Waals surface area contributed by atoms with E-state index in [1.165, 1.54) is 5.32 Å². The average molecular weight is 277 g/mol. The summed E-state index contributed by atoms with van der Waals surface area (Å²) in [5.41, 5.74) is -1.48. The van der Waals surface area contributed by atoms with Crippen LogP contribution >= 0.6 is 0 Å². The van der Waals surface area contributed by atoms with Gasteiger partial charge in [-0.05, 0) is 20.3 Å². The van der Waals surface area contributed by atoms with Crippen molar-refractivity contribution in [2.45, 2.75) is 44.3 Å². The molecule has 0 aliphatic rings. The Labute approximate surface area is 99.2 Å². The lowest BCUT2D eigenvalue weighted by molar-refractivity contribution is -0.270. The van der Waals surface area contributed by atoms with E-state index in [0.29, 0.717) is 0 Å². The molecule has 0 unspecified atom stereocenters. The van der Waals surface area contributed by atoms with Crippen molar-refractivity contribution < 1.29 is 36.6 Å². The third-order valence-electron chi connectivity index (χ3n) is 2.06. The highest BCUT2D eigenvalue weighted by molar-refractivity contribution is 5.85. The number of rotatable bonds is 5. The molecular formula is C9H12F5NO3. The molecule has 0 radical (unpaired) electrons. The second-order valence-electron chi connectivity index (χ2n) is 4.30. The second-order valence-corrected chi connectivity index (χ2v) is 4.30. The molecule has 9 heteroatoms. The van der Waals surface area contributed by atoms with Crippen molar-refractivity contribution in [2.24, 2.45) is 0 Å². The van der Waals surface area contributed by atoms with Gasteiger partial charge >= 0.3 is 24.0 Å². The van der Waals surface area contributed by atoms with Crippen molar-refractivity contribution in [1.29, 1.82) is 0 Å². The van der Waals surface area contributed by atoms with Crippen LogP contribution in [-0.4, -0.2) is 34.6 Å². The zero-order valence-corrected chi connectivity index (χ0v) is 9.57. The SMILES string of the molecule is CC(C)(CCC(=O)O)NC(=O)C(F)(F)C(F)(F)F. The molecule has 2 N–H and O–H groups in total. The Balaban J connectivity index is 4.70. The number of hydrogen-bond acceptors (Lipinski definition) is 2. The predicted molar refractivity (Wildman–Crippen MR) is 50.1 cm³/mol. The Morgan fingerprint density at radius 2 is 1.56 bits per heavy atom. The summed E-state index contributed by atoms with van der Waals surface area (Å²) in [5, 5.41) is 9.85. The lowest BCUT2D eigenvalue weighted by Gasteiger charge is -2.28. The Morgan fingerprint density at radius 3 is 1.89 bits per heavy atom. The highest BCUT2D eigenvalue weighted by Crippen LogP contribution is 2.36. The molecule has 0 aromatic heterocycles. The Bertz CT molecular complexity index is 338. The van der Waals surface area contributed by atoms with Gasteiger partial charge in [-0.1, -0.05) is 0 Å². The van der Waals surface area contributed by atoms with Crippen molar-refractivity contribution in [3.05, 3.63) is 0 Å².